The van der Waals surface area contributed by atoms with Gasteiger partial charge in [-0.15, -0.1) is 11.3 Å². The van der Waals surface area contributed by atoms with Crippen LogP contribution in [0.3, 0.4) is 0 Å². The van der Waals surface area contributed by atoms with Gasteiger partial charge in [0.2, 0.25) is 11.8 Å². The Balaban J connectivity index is 1.22. The number of fused-ring (bicyclic) bond motifs is 3. The van der Waals surface area contributed by atoms with Gasteiger partial charge in [-0.3, -0.25) is 9.69 Å². The third-order valence-corrected chi connectivity index (χ3v) is 8.86. The third-order valence-electron chi connectivity index (χ3n) is 7.69. The lowest BCUT2D eigenvalue weighted by molar-refractivity contribution is -0.131. The zero-order valence-electron chi connectivity index (χ0n) is 19.5. The molecule has 0 N–H and O–H groups in total. The number of likely N-dealkylation sites (N-methyl/N-ethyl adjacent to an activating group) is 1. The summed E-state index contributed by atoms with van der Waals surface area (Å²) in [7, 11) is 2.09. The summed E-state index contributed by atoms with van der Waals surface area (Å²) in [6.45, 7) is 2.36. The Morgan fingerprint density at radius 3 is 2.79 bits per heavy atom. The number of aromatic nitrogens is 2. The molecule has 1 aliphatic heterocycles. The standard InChI is InChI=1S/C25H33N5O2S/c1-29(15-21(31)30-13-2-3-14-30)18-7-9-19(10-8-18)32-24-23-22-17(5-4-12-26)6-11-20(22)33-25(23)28-16-27-24/h16-19H,2-11,13-15H2,1H3/t17-,18?,19?/m0/s1. The lowest BCUT2D eigenvalue weighted by Crippen LogP contribution is -2.44. The van der Waals surface area contributed by atoms with E-state index >= 15 is 0 Å². The number of carbonyl (C=O) groups excluding carboxylic acids is 1. The number of amides is 1. The van der Waals surface area contributed by atoms with Crippen molar-refractivity contribution in [1.82, 2.24) is 19.8 Å². The van der Waals surface area contributed by atoms with Crippen molar-refractivity contribution in [2.75, 3.05) is 26.7 Å². The van der Waals surface area contributed by atoms with E-state index in [4.69, 9.17) is 10.00 Å². The number of hydrogen-bond donors (Lipinski definition) is 0. The van der Waals surface area contributed by atoms with Crippen molar-refractivity contribution in [3.05, 3.63) is 16.8 Å². The van der Waals surface area contributed by atoms with Crippen molar-refractivity contribution in [3.8, 4) is 11.9 Å². The largest absolute Gasteiger partial charge is 0.474 e. The fourth-order valence-corrected chi connectivity index (χ4v) is 7.06. The second-order valence-corrected chi connectivity index (χ2v) is 10.9. The Morgan fingerprint density at radius 2 is 2.03 bits per heavy atom. The van der Waals surface area contributed by atoms with Gasteiger partial charge in [0.05, 0.1) is 18.0 Å². The number of aryl methyl sites for hydroxylation is 1. The molecule has 1 saturated heterocycles. The lowest BCUT2D eigenvalue weighted by atomic mass is 9.92. The molecular formula is C25H33N5O2S. The predicted molar refractivity (Wildman–Crippen MR) is 128 cm³/mol. The van der Waals surface area contributed by atoms with E-state index in [1.165, 1.54) is 10.4 Å². The molecule has 1 atom stereocenters. The van der Waals surface area contributed by atoms with Gasteiger partial charge < -0.3 is 9.64 Å². The summed E-state index contributed by atoms with van der Waals surface area (Å²) >= 11 is 1.76. The smallest absolute Gasteiger partial charge is 0.236 e. The molecule has 2 aromatic heterocycles. The van der Waals surface area contributed by atoms with Crippen LogP contribution >= 0.6 is 11.3 Å². The Morgan fingerprint density at radius 1 is 1.24 bits per heavy atom. The number of nitrogens with zero attached hydrogens (tertiary/aromatic N) is 5. The van der Waals surface area contributed by atoms with Crippen LogP contribution in [0.15, 0.2) is 6.33 Å². The maximum Gasteiger partial charge on any atom is 0.236 e. The molecule has 0 aromatic carbocycles. The highest BCUT2D eigenvalue weighted by molar-refractivity contribution is 7.19. The average Bonchev–Trinajstić information content (AvgIpc) is 3.56. The Labute approximate surface area is 199 Å². The number of rotatable bonds is 7. The Kier molecular flexibility index (Phi) is 6.79. The molecule has 0 spiro atoms. The molecule has 2 aromatic rings. The van der Waals surface area contributed by atoms with Gasteiger partial charge in [-0.1, -0.05) is 0 Å². The molecule has 3 aliphatic rings. The molecule has 2 aliphatic carbocycles. The highest BCUT2D eigenvalue weighted by Gasteiger charge is 2.32. The first-order valence-electron chi connectivity index (χ1n) is 12.4. The fourth-order valence-electron chi connectivity index (χ4n) is 5.83. The van der Waals surface area contributed by atoms with Crippen LogP contribution in [0.1, 0.15) is 74.1 Å². The number of hydrogen-bond acceptors (Lipinski definition) is 7. The maximum absolute atomic E-state index is 12.5. The number of thiophene rings is 1. The Bertz CT molecular complexity index is 1030. The normalized spacial score (nSPS) is 24.9. The van der Waals surface area contributed by atoms with Crippen LogP contribution in [0, 0.1) is 11.3 Å². The molecule has 5 rings (SSSR count). The quantitative estimate of drug-likeness (QED) is 0.605. The molecule has 0 unspecified atom stereocenters. The van der Waals surface area contributed by atoms with Crippen LogP contribution < -0.4 is 4.74 Å². The van der Waals surface area contributed by atoms with Crippen molar-refractivity contribution < 1.29 is 9.53 Å². The van der Waals surface area contributed by atoms with E-state index in [1.54, 1.807) is 17.7 Å². The summed E-state index contributed by atoms with van der Waals surface area (Å²) in [5.41, 5.74) is 1.34. The summed E-state index contributed by atoms with van der Waals surface area (Å²) in [4.78, 5) is 28.3. The minimum Gasteiger partial charge on any atom is -0.474 e. The molecule has 33 heavy (non-hydrogen) atoms. The van der Waals surface area contributed by atoms with E-state index in [0.717, 1.165) is 87.0 Å². The first-order valence-corrected chi connectivity index (χ1v) is 13.2. The third kappa shape index (κ3) is 4.71. The monoisotopic (exact) mass is 467 g/mol. The number of nitriles is 1. The number of ether oxygens (including phenoxy) is 1. The molecule has 3 heterocycles. The molecular weight excluding hydrogens is 434 g/mol. The molecule has 2 fully saturated rings. The van der Waals surface area contributed by atoms with Gasteiger partial charge in [-0.25, -0.2) is 9.97 Å². The van der Waals surface area contributed by atoms with Crippen LogP contribution in [-0.2, 0) is 11.2 Å². The average molecular weight is 468 g/mol. The molecule has 1 saturated carbocycles. The predicted octanol–water partition coefficient (Wildman–Crippen LogP) is 4.27. The van der Waals surface area contributed by atoms with Crippen LogP contribution in [0.2, 0.25) is 0 Å². The zero-order chi connectivity index (χ0) is 22.8. The van der Waals surface area contributed by atoms with E-state index in [0.29, 0.717) is 24.9 Å². The van der Waals surface area contributed by atoms with Crippen molar-refractivity contribution >= 4 is 27.5 Å². The van der Waals surface area contributed by atoms with Crippen molar-refractivity contribution in [1.29, 1.82) is 5.26 Å². The van der Waals surface area contributed by atoms with Crippen LogP contribution in [-0.4, -0.2) is 64.5 Å². The van der Waals surface area contributed by atoms with Gasteiger partial charge >= 0.3 is 0 Å². The molecule has 176 valence electrons. The second kappa shape index (κ2) is 9.94. The van der Waals surface area contributed by atoms with Gasteiger partial charge in [-0.2, -0.15) is 5.26 Å². The van der Waals surface area contributed by atoms with E-state index in [9.17, 15) is 4.79 Å². The van der Waals surface area contributed by atoms with E-state index < -0.39 is 0 Å². The molecule has 8 heteroatoms. The van der Waals surface area contributed by atoms with E-state index in [-0.39, 0.29) is 12.0 Å². The van der Waals surface area contributed by atoms with Crippen LogP contribution in [0.5, 0.6) is 5.88 Å². The molecule has 0 bridgehead atoms. The van der Waals surface area contributed by atoms with Gasteiger partial charge in [0, 0.05) is 30.4 Å². The van der Waals surface area contributed by atoms with Gasteiger partial charge in [0.1, 0.15) is 17.3 Å². The van der Waals surface area contributed by atoms with Crippen molar-refractivity contribution in [2.45, 2.75) is 82.3 Å². The first-order chi connectivity index (χ1) is 16.1. The molecule has 0 radical (unpaired) electrons. The van der Waals surface area contributed by atoms with Gasteiger partial charge in [0.15, 0.2) is 0 Å². The molecule has 7 nitrogen and oxygen atoms in total. The highest BCUT2D eigenvalue weighted by atomic mass is 32.1. The second-order valence-electron chi connectivity index (χ2n) is 9.78. The topological polar surface area (TPSA) is 82.3 Å². The fraction of sp³-hybridized carbons (Fsp3) is 0.680. The zero-order valence-corrected chi connectivity index (χ0v) is 20.3. The first kappa shape index (κ1) is 22.5. The SMILES string of the molecule is CN(CC(=O)N1CCCC1)C1CCC(Oc2ncnc3sc4c(c23)[C@@H](CCC#N)CC4)CC1. The van der Waals surface area contributed by atoms with Gasteiger partial charge in [0.25, 0.3) is 0 Å². The lowest BCUT2D eigenvalue weighted by Gasteiger charge is -2.35. The summed E-state index contributed by atoms with van der Waals surface area (Å²) in [6.07, 6.45) is 11.7. The molecule has 1 amide bonds. The maximum atomic E-state index is 12.5. The van der Waals surface area contributed by atoms with Crippen LogP contribution in [0.4, 0.5) is 0 Å². The van der Waals surface area contributed by atoms with Crippen molar-refractivity contribution in [3.63, 3.8) is 0 Å². The van der Waals surface area contributed by atoms with Gasteiger partial charge in [-0.05, 0) is 76.3 Å². The minimum atomic E-state index is 0.150. The summed E-state index contributed by atoms with van der Waals surface area (Å²) in [6, 6.07) is 2.73. The summed E-state index contributed by atoms with van der Waals surface area (Å²) < 4.78 is 6.49. The highest BCUT2D eigenvalue weighted by Crippen LogP contribution is 2.47. The number of carbonyl (C=O) groups is 1. The van der Waals surface area contributed by atoms with E-state index in [2.05, 4.69) is 28.0 Å². The summed E-state index contributed by atoms with van der Waals surface area (Å²) in [5, 5.41) is 10.1. The minimum absolute atomic E-state index is 0.150. The van der Waals surface area contributed by atoms with Crippen molar-refractivity contribution in [2.24, 2.45) is 0 Å². The van der Waals surface area contributed by atoms with E-state index in [1.807, 2.05) is 4.90 Å². The van der Waals surface area contributed by atoms with Crippen LogP contribution in [0.25, 0.3) is 10.2 Å². The number of likely N-dealkylation sites (tertiary alicyclic amines) is 1. The summed E-state index contributed by atoms with van der Waals surface area (Å²) in [5.74, 6) is 1.41. The Hall–Kier alpha value is -2.24.